The molecule has 1 aliphatic carbocycles. The van der Waals surface area contributed by atoms with Crippen molar-refractivity contribution >= 4 is 0 Å². The van der Waals surface area contributed by atoms with Crippen molar-refractivity contribution in [2.75, 3.05) is 0 Å². The van der Waals surface area contributed by atoms with E-state index in [1.807, 2.05) is 6.20 Å². The number of hydrogen-bond donors (Lipinski definition) is 1. The van der Waals surface area contributed by atoms with Gasteiger partial charge >= 0.3 is 0 Å². The zero-order valence-corrected chi connectivity index (χ0v) is 9.03. The van der Waals surface area contributed by atoms with E-state index < -0.39 is 0 Å². The van der Waals surface area contributed by atoms with Crippen LogP contribution in [-0.4, -0.2) is 15.6 Å². The second-order valence-corrected chi connectivity index (χ2v) is 4.35. The van der Waals surface area contributed by atoms with Gasteiger partial charge in [-0.3, -0.25) is 0 Å². The molecule has 1 N–H and O–H groups in total. The summed E-state index contributed by atoms with van der Waals surface area (Å²) in [7, 11) is 0. The number of aromatic nitrogens is 2. The van der Waals surface area contributed by atoms with Crippen molar-refractivity contribution in [3.63, 3.8) is 0 Å². The van der Waals surface area contributed by atoms with Gasteiger partial charge in [-0.05, 0) is 26.7 Å². The van der Waals surface area contributed by atoms with Crippen molar-refractivity contribution in [3.8, 4) is 0 Å². The standard InChI is InChI=1S/C11H19N3/c1-9(2)14-7-6-12-11(14)8-13-10-4-3-5-10/h6-7,9-10,13H,3-5,8H2,1-2H3. The molecule has 0 amide bonds. The molecule has 0 bridgehead atoms. The van der Waals surface area contributed by atoms with Gasteiger partial charge in [-0.2, -0.15) is 0 Å². The molecule has 14 heavy (non-hydrogen) atoms. The molecular formula is C11H19N3. The lowest BCUT2D eigenvalue weighted by atomic mass is 9.93. The van der Waals surface area contributed by atoms with Crippen molar-refractivity contribution in [3.05, 3.63) is 18.2 Å². The Morgan fingerprint density at radius 1 is 1.57 bits per heavy atom. The Kier molecular flexibility index (Phi) is 2.87. The minimum absolute atomic E-state index is 0.510. The normalized spacial score (nSPS) is 17.4. The Balaban J connectivity index is 1.90. The van der Waals surface area contributed by atoms with Gasteiger partial charge in [0, 0.05) is 24.5 Å². The van der Waals surface area contributed by atoms with Crippen LogP contribution in [0.3, 0.4) is 0 Å². The second-order valence-electron chi connectivity index (χ2n) is 4.35. The van der Waals surface area contributed by atoms with E-state index in [-0.39, 0.29) is 0 Å². The maximum atomic E-state index is 4.37. The lowest BCUT2D eigenvalue weighted by molar-refractivity contribution is 0.332. The van der Waals surface area contributed by atoms with Gasteiger partial charge in [0.2, 0.25) is 0 Å². The molecule has 3 nitrogen and oxygen atoms in total. The lowest BCUT2D eigenvalue weighted by Gasteiger charge is -2.26. The molecule has 1 heterocycles. The van der Waals surface area contributed by atoms with Gasteiger partial charge in [0.05, 0.1) is 6.54 Å². The van der Waals surface area contributed by atoms with Crippen LogP contribution in [0.15, 0.2) is 12.4 Å². The predicted octanol–water partition coefficient (Wildman–Crippen LogP) is 2.11. The van der Waals surface area contributed by atoms with Gasteiger partial charge in [0.15, 0.2) is 0 Å². The molecule has 2 rings (SSSR count). The quantitative estimate of drug-likeness (QED) is 0.793. The number of imidazole rings is 1. The van der Waals surface area contributed by atoms with Crippen molar-refractivity contribution in [1.82, 2.24) is 14.9 Å². The van der Waals surface area contributed by atoms with Crippen molar-refractivity contribution < 1.29 is 0 Å². The molecule has 0 radical (unpaired) electrons. The lowest BCUT2D eigenvalue weighted by Crippen LogP contribution is -2.35. The third kappa shape index (κ3) is 1.98. The fourth-order valence-corrected chi connectivity index (χ4v) is 1.80. The first-order chi connectivity index (χ1) is 6.77. The third-order valence-corrected chi connectivity index (χ3v) is 2.96. The molecule has 0 saturated heterocycles. The van der Waals surface area contributed by atoms with E-state index in [9.17, 15) is 0 Å². The number of nitrogens with one attached hydrogen (secondary N) is 1. The van der Waals surface area contributed by atoms with Gasteiger partial charge < -0.3 is 9.88 Å². The van der Waals surface area contributed by atoms with E-state index in [4.69, 9.17) is 0 Å². The molecular weight excluding hydrogens is 174 g/mol. The topological polar surface area (TPSA) is 29.9 Å². The van der Waals surface area contributed by atoms with E-state index in [2.05, 4.69) is 34.9 Å². The number of hydrogen-bond acceptors (Lipinski definition) is 2. The molecule has 1 aromatic rings. The first-order valence-corrected chi connectivity index (χ1v) is 5.52. The Morgan fingerprint density at radius 2 is 2.36 bits per heavy atom. The summed E-state index contributed by atoms with van der Waals surface area (Å²) in [5.41, 5.74) is 0. The average molecular weight is 193 g/mol. The molecule has 0 atom stereocenters. The molecule has 0 spiro atoms. The molecule has 1 aliphatic rings. The molecule has 0 aliphatic heterocycles. The first kappa shape index (κ1) is 9.71. The maximum Gasteiger partial charge on any atom is 0.122 e. The van der Waals surface area contributed by atoms with Gasteiger partial charge in [-0.1, -0.05) is 6.42 Å². The highest BCUT2D eigenvalue weighted by Gasteiger charge is 2.17. The van der Waals surface area contributed by atoms with Gasteiger partial charge in [-0.15, -0.1) is 0 Å². The molecule has 0 aromatic carbocycles. The fourth-order valence-electron chi connectivity index (χ4n) is 1.80. The summed E-state index contributed by atoms with van der Waals surface area (Å²) in [4.78, 5) is 4.37. The first-order valence-electron chi connectivity index (χ1n) is 5.52. The highest BCUT2D eigenvalue weighted by atomic mass is 15.1. The van der Waals surface area contributed by atoms with E-state index in [0.717, 1.165) is 18.4 Å². The van der Waals surface area contributed by atoms with Crippen molar-refractivity contribution in [2.24, 2.45) is 0 Å². The summed E-state index contributed by atoms with van der Waals surface area (Å²) >= 11 is 0. The average Bonchev–Trinajstić information content (AvgIpc) is 2.49. The van der Waals surface area contributed by atoms with E-state index in [1.165, 1.54) is 19.3 Å². The van der Waals surface area contributed by atoms with E-state index in [1.54, 1.807) is 0 Å². The van der Waals surface area contributed by atoms with Crippen LogP contribution in [0, 0.1) is 0 Å². The van der Waals surface area contributed by atoms with Crippen LogP contribution in [0.2, 0.25) is 0 Å². The molecule has 1 fully saturated rings. The summed E-state index contributed by atoms with van der Waals surface area (Å²) in [6.07, 6.45) is 8.00. The smallest absolute Gasteiger partial charge is 0.122 e. The number of rotatable bonds is 4. The molecule has 1 saturated carbocycles. The van der Waals surface area contributed by atoms with E-state index in [0.29, 0.717) is 6.04 Å². The van der Waals surface area contributed by atoms with Crippen molar-refractivity contribution in [1.29, 1.82) is 0 Å². The van der Waals surface area contributed by atoms with Crippen LogP contribution in [0.25, 0.3) is 0 Å². The van der Waals surface area contributed by atoms with Gasteiger partial charge in [-0.25, -0.2) is 4.98 Å². The third-order valence-electron chi connectivity index (χ3n) is 2.96. The monoisotopic (exact) mass is 193 g/mol. The van der Waals surface area contributed by atoms with E-state index >= 15 is 0 Å². The highest BCUT2D eigenvalue weighted by molar-refractivity contribution is 4.94. The summed E-state index contributed by atoms with van der Waals surface area (Å²) in [6.45, 7) is 5.29. The summed E-state index contributed by atoms with van der Waals surface area (Å²) < 4.78 is 2.23. The maximum absolute atomic E-state index is 4.37. The Morgan fingerprint density at radius 3 is 2.93 bits per heavy atom. The minimum atomic E-state index is 0.510. The molecule has 78 valence electrons. The van der Waals surface area contributed by atoms with Crippen LogP contribution in [0.4, 0.5) is 0 Å². The van der Waals surface area contributed by atoms with Gasteiger partial charge in [0.25, 0.3) is 0 Å². The Hall–Kier alpha value is -0.830. The zero-order chi connectivity index (χ0) is 9.97. The van der Waals surface area contributed by atoms with Gasteiger partial charge in [0.1, 0.15) is 5.82 Å². The molecule has 1 aromatic heterocycles. The molecule has 3 heteroatoms. The van der Waals surface area contributed by atoms with Crippen LogP contribution in [0.1, 0.15) is 45.0 Å². The van der Waals surface area contributed by atoms with Crippen LogP contribution >= 0.6 is 0 Å². The second kappa shape index (κ2) is 4.13. The number of nitrogens with zero attached hydrogens (tertiary/aromatic N) is 2. The van der Waals surface area contributed by atoms with Crippen LogP contribution in [0.5, 0.6) is 0 Å². The fraction of sp³-hybridized carbons (Fsp3) is 0.727. The SMILES string of the molecule is CC(C)n1ccnc1CNC1CCC1. The Bertz CT molecular complexity index is 286. The predicted molar refractivity (Wildman–Crippen MR) is 57.1 cm³/mol. The highest BCUT2D eigenvalue weighted by Crippen LogP contribution is 2.18. The summed E-state index contributed by atoms with van der Waals surface area (Å²) in [5, 5.41) is 3.53. The summed E-state index contributed by atoms with van der Waals surface area (Å²) in [6, 6.07) is 1.25. The Labute approximate surface area is 85.5 Å². The minimum Gasteiger partial charge on any atom is -0.331 e. The summed E-state index contributed by atoms with van der Waals surface area (Å²) in [5.74, 6) is 1.16. The zero-order valence-electron chi connectivity index (χ0n) is 9.03. The largest absolute Gasteiger partial charge is 0.331 e. The van der Waals surface area contributed by atoms with Crippen LogP contribution < -0.4 is 5.32 Å². The van der Waals surface area contributed by atoms with Crippen LogP contribution in [-0.2, 0) is 6.54 Å². The van der Waals surface area contributed by atoms with Crippen molar-refractivity contribution in [2.45, 2.75) is 51.7 Å². The molecule has 0 unspecified atom stereocenters.